The number of allylic oxidation sites excluding steroid dienone is 1. The van der Waals surface area contributed by atoms with Crippen molar-refractivity contribution in [1.29, 1.82) is 0 Å². The van der Waals surface area contributed by atoms with Crippen LogP contribution in [0.1, 0.15) is 53.5 Å². The molecule has 0 aliphatic carbocycles. The van der Waals surface area contributed by atoms with Crippen LogP contribution in [0.5, 0.6) is 0 Å². The van der Waals surface area contributed by atoms with E-state index in [1.165, 1.54) is 29.9 Å². The molecule has 3 atom stereocenters. The summed E-state index contributed by atoms with van der Waals surface area (Å²) in [6, 6.07) is 46.5. The highest BCUT2D eigenvalue weighted by atomic mass is 32.2. The molecule has 18 nitrogen and oxygen atoms in total. The van der Waals surface area contributed by atoms with Crippen molar-refractivity contribution in [2.24, 2.45) is 5.16 Å². The van der Waals surface area contributed by atoms with E-state index in [9.17, 15) is 28.2 Å². The molecule has 3 unspecified atom stereocenters. The number of aromatic amines is 1. The minimum atomic E-state index is -1.92. The van der Waals surface area contributed by atoms with E-state index < -0.39 is 69.1 Å². The predicted octanol–water partition coefficient (Wildman–Crippen LogP) is 6.85. The van der Waals surface area contributed by atoms with Crippen molar-refractivity contribution in [3.8, 4) is 0 Å². The van der Waals surface area contributed by atoms with E-state index in [4.69, 9.17) is 24.0 Å². The minimum Gasteiger partial charge on any atom is -0.448 e. The molecule has 4 heterocycles. The molecule has 2 aromatic heterocycles. The van der Waals surface area contributed by atoms with Crippen molar-refractivity contribution in [1.82, 2.24) is 30.0 Å². The van der Waals surface area contributed by atoms with Gasteiger partial charge in [0.1, 0.15) is 35.5 Å². The third-order valence-electron chi connectivity index (χ3n) is 12.5. The van der Waals surface area contributed by atoms with E-state index in [1.54, 1.807) is 43.5 Å². The second-order valence-corrected chi connectivity index (χ2v) is 20.5. The van der Waals surface area contributed by atoms with E-state index >= 15 is 0 Å². The van der Waals surface area contributed by atoms with E-state index in [0.29, 0.717) is 16.3 Å². The van der Waals surface area contributed by atoms with Crippen LogP contribution in [0.3, 0.4) is 0 Å². The average molecular weight is 1090 g/mol. The topological polar surface area (TPSA) is 225 Å². The summed E-state index contributed by atoms with van der Waals surface area (Å²) in [5, 5.41) is 19.1. The number of fused-ring (bicyclic) bond motifs is 1. The molecule has 0 spiro atoms. The van der Waals surface area contributed by atoms with Crippen LogP contribution < -0.4 is 21.8 Å². The lowest BCUT2D eigenvalue weighted by atomic mass is 9.77. The molecule has 2 aliphatic heterocycles. The number of H-pyrrole nitrogens is 1. The highest BCUT2D eigenvalue weighted by Crippen LogP contribution is 2.42. The summed E-state index contributed by atoms with van der Waals surface area (Å²) in [6.45, 7) is 3.90. The smallest absolute Gasteiger partial charge is 0.356 e. The number of carbonyl (C=O) groups is 3. The van der Waals surface area contributed by atoms with Gasteiger partial charge in [-0.1, -0.05) is 169 Å². The van der Waals surface area contributed by atoms with E-state index in [1.807, 2.05) is 127 Å². The quantitative estimate of drug-likeness (QED) is 0.00923. The van der Waals surface area contributed by atoms with E-state index in [-0.39, 0.29) is 53.3 Å². The summed E-state index contributed by atoms with van der Waals surface area (Å²) in [4.78, 5) is 80.5. The largest absolute Gasteiger partial charge is 0.448 e. The minimum absolute atomic E-state index is 0.0465. The maximum Gasteiger partial charge on any atom is 0.356 e. The van der Waals surface area contributed by atoms with Crippen LogP contribution in [0.15, 0.2) is 200 Å². The molecule has 3 N–H and O–H groups in total. The second kappa shape index (κ2) is 24.7. The lowest BCUT2D eigenvalue weighted by molar-refractivity contribution is -0.154. The molecule has 77 heavy (non-hydrogen) atoms. The number of nitrogens with zero attached hydrogens (tertiary/aromatic N) is 5. The zero-order chi connectivity index (χ0) is 53.9. The van der Waals surface area contributed by atoms with Crippen LogP contribution in [0.25, 0.3) is 0 Å². The number of thiazole rings is 1. The first-order chi connectivity index (χ1) is 37.6. The molecular weight excluding hydrogens is 1040 g/mol. The molecule has 7 aromatic rings. The molecule has 1 fully saturated rings. The number of thioether (sulfide) groups is 1. The Morgan fingerprint density at radius 1 is 0.844 bits per heavy atom. The lowest BCUT2D eigenvalue weighted by Crippen LogP contribution is -2.74. The van der Waals surface area contributed by atoms with Crippen LogP contribution in [0.4, 0.5) is 5.13 Å². The lowest BCUT2D eigenvalue weighted by Gasteiger charge is -2.49. The van der Waals surface area contributed by atoms with Crippen molar-refractivity contribution in [2.45, 2.75) is 54.9 Å². The summed E-state index contributed by atoms with van der Waals surface area (Å²) < 4.78 is 33.1. The van der Waals surface area contributed by atoms with Crippen molar-refractivity contribution in [3.63, 3.8) is 0 Å². The summed E-state index contributed by atoms with van der Waals surface area (Å²) in [5.74, 6) is -2.77. The molecular formula is C56H52N8O10S3. The Hall–Kier alpha value is -8.08. The molecule has 1 saturated heterocycles. The highest BCUT2D eigenvalue weighted by molar-refractivity contribution is 8.02. The number of amides is 2. The number of nitrogens with one attached hydrogen (secondary N) is 3. The van der Waals surface area contributed by atoms with Gasteiger partial charge in [0.15, 0.2) is 28.4 Å². The fraction of sp³-hybridized carbons (Fsp3) is 0.214. The fourth-order valence-electron chi connectivity index (χ4n) is 9.07. The molecule has 2 aliphatic rings. The summed E-state index contributed by atoms with van der Waals surface area (Å²) in [5.41, 5.74) is 1.08. The normalized spacial score (nSPS) is 16.6. The molecule has 2 amide bonds. The Labute approximate surface area is 453 Å². The van der Waals surface area contributed by atoms with Gasteiger partial charge in [0.2, 0.25) is 0 Å². The van der Waals surface area contributed by atoms with Gasteiger partial charge in [-0.05, 0) is 58.7 Å². The number of aromatic nitrogens is 4. The summed E-state index contributed by atoms with van der Waals surface area (Å²) >= 11 is 2.14. The van der Waals surface area contributed by atoms with Crippen LogP contribution in [0.2, 0.25) is 0 Å². The van der Waals surface area contributed by atoms with Gasteiger partial charge in [0.25, 0.3) is 11.8 Å². The standard InChI is InChI=1S/C56H52N8O10S3/c1-4-72-43(73-5-2)33-63-51(68)49(66)60-61-55(63)75-32-31-38-35-77(70)52-45(50(67)64(52)46(38)53(69)74-47(36-21-11-6-12-22-36)37-23-13-7-14-24-37)58-48(65)44(62-71-3)42-34-76-54(57-42)59-56(39-25-15-8-16-26-39,40-27-17-9-18-28-40)41-29-19-10-20-30-41/h6-32,34,43,45,47,52H,4-5,33,35H2,1-3H3,(H,57,59)(H,58,65)(H,60,66). The monoisotopic (exact) mass is 1090 g/mol. The number of β-lactam (4-membered cyclic amide) rings is 1. The number of rotatable bonds is 22. The van der Waals surface area contributed by atoms with Gasteiger partial charge in [-0.25, -0.2) is 14.9 Å². The SMILES string of the molecule is CCOC(Cn1c(SC=CC2=C(C(=O)OC(c3ccccc3)c3ccccc3)N3C(=O)C(NC(=O)C(=NOC)c4csc(NC(c5ccccc5)(c5ccccc5)c5ccccc5)n4)C3S(=O)C2)n[nH]c(=O)c1=O)OCC. The summed E-state index contributed by atoms with van der Waals surface area (Å²) in [7, 11) is -0.651. The molecule has 0 radical (unpaired) electrons. The van der Waals surface area contributed by atoms with Gasteiger partial charge >= 0.3 is 17.1 Å². The van der Waals surface area contributed by atoms with Crippen LogP contribution in [0, 0.1) is 0 Å². The molecule has 9 rings (SSSR count). The third kappa shape index (κ3) is 11.5. The first-order valence-electron chi connectivity index (χ1n) is 24.4. The Bertz CT molecular complexity index is 3310. The van der Waals surface area contributed by atoms with Crippen molar-refractivity contribution in [3.05, 3.63) is 234 Å². The number of ether oxygens (including phenoxy) is 3. The van der Waals surface area contributed by atoms with Crippen molar-refractivity contribution < 1.29 is 37.6 Å². The molecule has 0 bridgehead atoms. The zero-order valence-electron chi connectivity index (χ0n) is 41.8. The number of esters is 1. The molecule has 394 valence electrons. The van der Waals surface area contributed by atoms with Crippen LogP contribution >= 0.6 is 23.1 Å². The van der Waals surface area contributed by atoms with E-state index in [2.05, 4.69) is 26.0 Å². The zero-order valence-corrected chi connectivity index (χ0v) is 44.3. The van der Waals surface area contributed by atoms with Gasteiger partial charge < -0.3 is 29.7 Å². The van der Waals surface area contributed by atoms with Gasteiger partial charge in [-0.3, -0.25) is 32.9 Å². The second-order valence-electron chi connectivity index (χ2n) is 17.2. The van der Waals surface area contributed by atoms with Crippen molar-refractivity contribution in [2.75, 3.05) is 31.4 Å². The van der Waals surface area contributed by atoms with Gasteiger partial charge in [-0.2, -0.15) is 0 Å². The number of hydrogen-bond donors (Lipinski definition) is 3. The maximum absolute atomic E-state index is 14.8. The maximum atomic E-state index is 14.8. The Kier molecular flexibility index (Phi) is 17.3. The number of anilines is 1. The van der Waals surface area contributed by atoms with Gasteiger partial charge in [0, 0.05) is 18.6 Å². The number of hydrogen-bond acceptors (Lipinski definition) is 16. The predicted molar refractivity (Wildman–Crippen MR) is 293 cm³/mol. The van der Waals surface area contributed by atoms with Gasteiger partial charge in [-0.15, -0.1) is 16.4 Å². The first-order valence-corrected chi connectivity index (χ1v) is 27.5. The van der Waals surface area contributed by atoms with Crippen LogP contribution in [-0.4, -0.2) is 96.1 Å². The highest BCUT2D eigenvalue weighted by Gasteiger charge is 2.57. The summed E-state index contributed by atoms with van der Waals surface area (Å²) in [6.07, 6.45) is -0.331. The number of oxime groups is 1. The molecule has 21 heteroatoms. The Balaban J connectivity index is 1.02. The van der Waals surface area contributed by atoms with Gasteiger partial charge in [0.05, 0.1) is 23.1 Å². The molecule has 0 saturated carbocycles. The fourth-order valence-corrected chi connectivity index (χ4v) is 12.2. The first kappa shape index (κ1) is 53.7. The number of carbonyl (C=O) groups excluding carboxylic acids is 3. The van der Waals surface area contributed by atoms with E-state index in [0.717, 1.165) is 37.9 Å². The number of benzene rings is 5. The Morgan fingerprint density at radius 2 is 1.39 bits per heavy atom. The molecule has 5 aromatic carbocycles. The average Bonchev–Trinajstić information content (AvgIpc) is 3.94. The Morgan fingerprint density at radius 3 is 1.92 bits per heavy atom. The van der Waals surface area contributed by atoms with Crippen molar-refractivity contribution >= 4 is 62.5 Å². The van der Waals surface area contributed by atoms with Crippen LogP contribution in [-0.2, 0) is 56.3 Å². The third-order valence-corrected chi connectivity index (χ3v) is 15.7.